The molecule has 0 fully saturated rings. The van der Waals surface area contributed by atoms with Crippen LogP contribution in [0.25, 0.3) is 0 Å². The fourth-order valence-corrected chi connectivity index (χ4v) is 2.52. The zero-order valence-corrected chi connectivity index (χ0v) is 13.6. The number of anilines is 1. The molecule has 0 amide bonds. The smallest absolute Gasteiger partial charge is 0.0779 e. The maximum Gasteiger partial charge on any atom is 0.0779 e. The van der Waals surface area contributed by atoms with Crippen LogP contribution in [0.2, 0.25) is 5.02 Å². The highest BCUT2D eigenvalue weighted by Gasteiger charge is 2.26. The van der Waals surface area contributed by atoms with Crippen LogP contribution in [-0.2, 0) is 12.5 Å². The number of aryl methyl sites for hydroxylation is 1. The first kappa shape index (κ1) is 15.9. The molecule has 1 aromatic carbocycles. The predicted molar refractivity (Wildman–Crippen MR) is 86.8 cm³/mol. The van der Waals surface area contributed by atoms with E-state index in [1.165, 1.54) is 0 Å². The van der Waals surface area contributed by atoms with Crippen molar-refractivity contribution in [2.24, 2.45) is 7.05 Å². The van der Waals surface area contributed by atoms with Crippen molar-refractivity contribution in [1.29, 1.82) is 0 Å². The summed E-state index contributed by atoms with van der Waals surface area (Å²) in [5.41, 5.74) is 2.68. The van der Waals surface area contributed by atoms with Crippen molar-refractivity contribution in [1.82, 2.24) is 9.78 Å². The molecule has 1 heterocycles. The van der Waals surface area contributed by atoms with Crippen molar-refractivity contribution < 1.29 is 5.11 Å². The Morgan fingerprint density at radius 2 is 2.00 bits per heavy atom. The van der Waals surface area contributed by atoms with Crippen molar-refractivity contribution >= 4 is 17.3 Å². The average molecular weight is 308 g/mol. The first-order valence-corrected chi connectivity index (χ1v) is 7.36. The van der Waals surface area contributed by atoms with E-state index in [1.807, 2.05) is 37.5 Å². The van der Waals surface area contributed by atoms with Gasteiger partial charge in [0, 0.05) is 24.2 Å². The highest BCUT2D eigenvalue weighted by molar-refractivity contribution is 6.33. The molecule has 2 aromatic rings. The van der Waals surface area contributed by atoms with Crippen molar-refractivity contribution in [2.75, 3.05) is 11.9 Å². The minimum Gasteiger partial charge on any atom is -0.394 e. The highest BCUT2D eigenvalue weighted by atomic mass is 35.5. The minimum atomic E-state index is -0.243. The number of nitrogens with one attached hydrogen (secondary N) is 1. The standard InChI is InChI=1S/C16H22ClN3O/c1-16(2,3)15-11(9-20(4)19-15)14(10-21)18-13-8-6-5-7-12(13)17/h5-9,14,18,21H,10H2,1-4H3. The lowest BCUT2D eigenvalue weighted by Crippen LogP contribution is -2.21. The van der Waals surface area contributed by atoms with Crippen LogP contribution in [0, 0.1) is 0 Å². The number of aliphatic hydroxyl groups is 1. The Morgan fingerprint density at radius 3 is 2.57 bits per heavy atom. The molecule has 4 nitrogen and oxygen atoms in total. The Balaban J connectivity index is 2.37. The summed E-state index contributed by atoms with van der Waals surface area (Å²) in [7, 11) is 1.89. The molecule has 0 aliphatic carbocycles. The predicted octanol–water partition coefficient (Wildman–Crippen LogP) is 3.52. The van der Waals surface area contributed by atoms with Gasteiger partial charge in [0.05, 0.1) is 29.1 Å². The molecule has 1 aromatic heterocycles. The van der Waals surface area contributed by atoms with Gasteiger partial charge in [-0.25, -0.2) is 0 Å². The van der Waals surface area contributed by atoms with Gasteiger partial charge in [0.15, 0.2) is 0 Å². The second-order valence-corrected chi connectivity index (χ2v) is 6.62. The van der Waals surface area contributed by atoms with E-state index in [9.17, 15) is 5.11 Å². The zero-order chi connectivity index (χ0) is 15.6. The van der Waals surface area contributed by atoms with Crippen LogP contribution in [0.3, 0.4) is 0 Å². The van der Waals surface area contributed by atoms with E-state index in [0.29, 0.717) is 5.02 Å². The van der Waals surface area contributed by atoms with Crippen LogP contribution in [0.15, 0.2) is 30.5 Å². The molecular weight excluding hydrogens is 286 g/mol. The molecule has 1 atom stereocenters. The van der Waals surface area contributed by atoms with Gasteiger partial charge in [-0.3, -0.25) is 4.68 Å². The van der Waals surface area contributed by atoms with E-state index in [-0.39, 0.29) is 18.1 Å². The minimum absolute atomic E-state index is 0.0278. The molecule has 0 radical (unpaired) electrons. The van der Waals surface area contributed by atoms with E-state index < -0.39 is 0 Å². The lowest BCUT2D eigenvalue weighted by Gasteiger charge is -2.23. The average Bonchev–Trinajstić information content (AvgIpc) is 2.80. The number of aliphatic hydroxyl groups excluding tert-OH is 1. The molecule has 2 N–H and O–H groups in total. The van der Waals surface area contributed by atoms with Gasteiger partial charge in [0.2, 0.25) is 0 Å². The molecule has 0 aliphatic heterocycles. The Labute approximate surface area is 130 Å². The Kier molecular flexibility index (Phi) is 4.59. The van der Waals surface area contributed by atoms with E-state index in [1.54, 1.807) is 4.68 Å². The van der Waals surface area contributed by atoms with Gasteiger partial charge in [-0.1, -0.05) is 44.5 Å². The van der Waals surface area contributed by atoms with E-state index in [4.69, 9.17) is 11.6 Å². The van der Waals surface area contributed by atoms with Gasteiger partial charge in [-0.2, -0.15) is 5.10 Å². The van der Waals surface area contributed by atoms with Gasteiger partial charge in [0.25, 0.3) is 0 Å². The number of hydrogen-bond donors (Lipinski definition) is 2. The van der Waals surface area contributed by atoms with Gasteiger partial charge in [-0.05, 0) is 12.1 Å². The van der Waals surface area contributed by atoms with Crippen LogP contribution >= 0.6 is 11.6 Å². The second-order valence-electron chi connectivity index (χ2n) is 6.22. The fraction of sp³-hybridized carbons (Fsp3) is 0.438. The molecule has 0 saturated carbocycles. The van der Waals surface area contributed by atoms with Crippen molar-refractivity contribution in [3.63, 3.8) is 0 Å². The summed E-state index contributed by atoms with van der Waals surface area (Å²) < 4.78 is 1.78. The summed E-state index contributed by atoms with van der Waals surface area (Å²) in [5.74, 6) is 0. The molecule has 5 heteroatoms. The van der Waals surface area contributed by atoms with Gasteiger partial charge in [-0.15, -0.1) is 0 Å². The zero-order valence-electron chi connectivity index (χ0n) is 12.9. The Morgan fingerprint density at radius 1 is 1.33 bits per heavy atom. The monoisotopic (exact) mass is 307 g/mol. The molecule has 0 saturated heterocycles. The summed E-state index contributed by atoms with van der Waals surface area (Å²) >= 11 is 6.18. The maximum absolute atomic E-state index is 9.79. The van der Waals surface area contributed by atoms with Crippen LogP contribution in [0.4, 0.5) is 5.69 Å². The number of hydrogen-bond acceptors (Lipinski definition) is 3. The lowest BCUT2D eigenvalue weighted by molar-refractivity contribution is 0.275. The molecule has 0 spiro atoms. The van der Waals surface area contributed by atoms with Crippen molar-refractivity contribution in [2.45, 2.75) is 32.2 Å². The number of benzene rings is 1. The number of para-hydroxylation sites is 1. The van der Waals surface area contributed by atoms with Crippen LogP contribution in [0.1, 0.15) is 38.1 Å². The molecule has 0 bridgehead atoms. The van der Waals surface area contributed by atoms with Crippen molar-refractivity contribution in [3.8, 4) is 0 Å². The molecule has 0 aliphatic rings. The highest BCUT2D eigenvalue weighted by Crippen LogP contribution is 2.31. The maximum atomic E-state index is 9.79. The summed E-state index contributed by atoms with van der Waals surface area (Å²) in [4.78, 5) is 0. The molecule has 21 heavy (non-hydrogen) atoms. The summed E-state index contributed by atoms with van der Waals surface area (Å²) in [5, 5.41) is 18.3. The Hall–Kier alpha value is -1.52. The normalized spacial score (nSPS) is 13.2. The summed E-state index contributed by atoms with van der Waals surface area (Å²) in [6.07, 6.45) is 1.95. The third-order valence-corrected chi connectivity index (χ3v) is 3.66. The molecule has 1 unspecified atom stereocenters. The molecule has 114 valence electrons. The van der Waals surface area contributed by atoms with Crippen LogP contribution in [-0.4, -0.2) is 21.5 Å². The van der Waals surface area contributed by atoms with E-state index in [0.717, 1.165) is 16.9 Å². The van der Waals surface area contributed by atoms with E-state index in [2.05, 4.69) is 31.2 Å². The molecular formula is C16H22ClN3O. The SMILES string of the molecule is Cn1cc(C(CO)Nc2ccccc2Cl)c(C(C)(C)C)n1. The van der Waals surface area contributed by atoms with Gasteiger partial charge >= 0.3 is 0 Å². The topological polar surface area (TPSA) is 50.1 Å². The Bertz CT molecular complexity index is 616. The lowest BCUT2D eigenvalue weighted by atomic mass is 9.87. The summed E-state index contributed by atoms with van der Waals surface area (Å²) in [6, 6.07) is 7.28. The van der Waals surface area contributed by atoms with Gasteiger partial charge < -0.3 is 10.4 Å². The largest absolute Gasteiger partial charge is 0.394 e. The second kappa shape index (κ2) is 6.08. The third kappa shape index (κ3) is 3.57. The number of nitrogens with zero attached hydrogens (tertiary/aromatic N) is 2. The first-order valence-electron chi connectivity index (χ1n) is 6.99. The van der Waals surface area contributed by atoms with Crippen LogP contribution in [0.5, 0.6) is 0 Å². The summed E-state index contributed by atoms with van der Waals surface area (Å²) in [6.45, 7) is 6.31. The van der Waals surface area contributed by atoms with E-state index >= 15 is 0 Å². The van der Waals surface area contributed by atoms with Crippen LogP contribution < -0.4 is 5.32 Å². The third-order valence-electron chi connectivity index (χ3n) is 3.33. The van der Waals surface area contributed by atoms with Gasteiger partial charge in [0.1, 0.15) is 0 Å². The number of aromatic nitrogens is 2. The fourth-order valence-electron chi connectivity index (χ4n) is 2.33. The quantitative estimate of drug-likeness (QED) is 0.908. The van der Waals surface area contributed by atoms with Crippen molar-refractivity contribution in [3.05, 3.63) is 46.7 Å². The number of halogens is 1. The molecule has 2 rings (SSSR count). The first-order chi connectivity index (χ1) is 9.82. The number of rotatable bonds is 4.